The first-order valence-electron chi connectivity index (χ1n) is 10.8. The van der Waals surface area contributed by atoms with E-state index in [1.165, 1.54) is 26.4 Å². The van der Waals surface area contributed by atoms with Crippen molar-refractivity contribution >= 4 is 24.0 Å². The van der Waals surface area contributed by atoms with Gasteiger partial charge in [0.1, 0.15) is 17.1 Å². The van der Waals surface area contributed by atoms with Gasteiger partial charge in [-0.3, -0.25) is 0 Å². The molecule has 2 rings (SSSR count). The lowest BCUT2D eigenvalue weighted by atomic mass is 9.86. The minimum absolute atomic E-state index is 0.313. The van der Waals surface area contributed by atoms with Crippen LogP contribution >= 0.6 is 0 Å². The van der Waals surface area contributed by atoms with Gasteiger partial charge in [-0.05, 0) is 59.8 Å². The van der Waals surface area contributed by atoms with E-state index in [4.69, 9.17) is 18.9 Å². The number of esters is 3. The average molecular weight is 473 g/mol. The van der Waals surface area contributed by atoms with E-state index in [1.807, 2.05) is 0 Å². The third kappa shape index (κ3) is 5.68. The summed E-state index contributed by atoms with van der Waals surface area (Å²) < 4.78 is 28.2. The van der Waals surface area contributed by atoms with Gasteiger partial charge in [-0.2, -0.15) is 0 Å². The number of allylic oxidation sites excluding steroid dienone is 2. The van der Waals surface area contributed by atoms with Crippen molar-refractivity contribution in [2.24, 2.45) is 0 Å². The fraction of sp³-hybridized carbons (Fsp3) is 0.423. The van der Waals surface area contributed by atoms with E-state index in [0.29, 0.717) is 33.8 Å². The van der Waals surface area contributed by atoms with Crippen molar-refractivity contribution in [2.75, 3.05) is 14.2 Å². The van der Waals surface area contributed by atoms with Crippen molar-refractivity contribution in [3.8, 4) is 11.5 Å². The maximum Gasteiger partial charge on any atom is 0.334 e. The van der Waals surface area contributed by atoms with Gasteiger partial charge in [-0.15, -0.1) is 0 Å². The zero-order valence-corrected chi connectivity index (χ0v) is 20.9. The van der Waals surface area contributed by atoms with Crippen molar-refractivity contribution in [2.45, 2.75) is 59.4 Å². The SMILES string of the molecule is C/C=C(\C)C(=O)O[C@@H]1c2c(ccc(/C=C/C(=O)OC)c2OC)OC(C)(C)[C@@H]1OC(=O)/C(C)=C/C. The Bertz CT molecular complexity index is 1050. The monoisotopic (exact) mass is 472 g/mol. The lowest BCUT2D eigenvalue weighted by Crippen LogP contribution is -2.52. The molecule has 0 amide bonds. The number of benzene rings is 1. The quantitative estimate of drug-likeness (QED) is 0.326. The summed E-state index contributed by atoms with van der Waals surface area (Å²) in [5.74, 6) is -0.955. The lowest BCUT2D eigenvalue weighted by molar-refractivity contribution is -0.186. The fourth-order valence-corrected chi connectivity index (χ4v) is 3.38. The molecule has 8 heteroatoms. The Balaban J connectivity index is 2.72. The predicted octanol–water partition coefficient (Wildman–Crippen LogP) is 4.48. The van der Waals surface area contributed by atoms with Gasteiger partial charge in [0.2, 0.25) is 0 Å². The predicted molar refractivity (Wildman–Crippen MR) is 126 cm³/mol. The molecule has 1 aromatic rings. The standard InChI is InChI=1S/C26H32O8/c1-9-15(3)24(28)32-22-20-18(13-11-17(21(20)31-8)12-14-19(27)30-7)34-26(5,6)23(22)33-25(29)16(4)10-2/h9-14,22-23H,1-8H3/b14-12+,15-9+,16-10+/t22-,23-/m1/s1. The number of carbonyl (C=O) groups is 3. The topological polar surface area (TPSA) is 97.4 Å². The highest BCUT2D eigenvalue weighted by Crippen LogP contribution is 2.49. The molecule has 184 valence electrons. The summed E-state index contributed by atoms with van der Waals surface area (Å²) in [4.78, 5) is 37.2. The molecule has 2 atom stereocenters. The molecular weight excluding hydrogens is 440 g/mol. The molecule has 0 saturated heterocycles. The molecule has 0 N–H and O–H groups in total. The molecule has 0 aromatic heterocycles. The summed E-state index contributed by atoms with van der Waals surface area (Å²) in [7, 11) is 2.73. The van der Waals surface area contributed by atoms with Gasteiger partial charge in [0.15, 0.2) is 12.2 Å². The van der Waals surface area contributed by atoms with Crippen LogP contribution in [0.1, 0.15) is 58.8 Å². The third-order valence-corrected chi connectivity index (χ3v) is 5.59. The highest BCUT2D eigenvalue weighted by atomic mass is 16.6. The third-order valence-electron chi connectivity index (χ3n) is 5.59. The second kappa shape index (κ2) is 11.0. The van der Waals surface area contributed by atoms with Gasteiger partial charge in [-0.25, -0.2) is 14.4 Å². The smallest absolute Gasteiger partial charge is 0.334 e. The zero-order valence-electron chi connectivity index (χ0n) is 20.9. The van der Waals surface area contributed by atoms with Crippen molar-refractivity contribution in [3.63, 3.8) is 0 Å². The Morgan fingerprint density at radius 3 is 2.09 bits per heavy atom. The molecule has 0 spiro atoms. The molecule has 0 saturated carbocycles. The van der Waals surface area contributed by atoms with E-state index in [0.717, 1.165) is 0 Å². The molecule has 8 nitrogen and oxygen atoms in total. The summed E-state index contributed by atoms with van der Waals surface area (Å²) in [6, 6.07) is 3.40. The van der Waals surface area contributed by atoms with Crippen LogP contribution in [0.5, 0.6) is 11.5 Å². The van der Waals surface area contributed by atoms with E-state index in [9.17, 15) is 14.4 Å². The molecule has 1 heterocycles. The Kier molecular flexibility index (Phi) is 8.68. The van der Waals surface area contributed by atoms with Crippen LogP contribution in [0.15, 0.2) is 41.5 Å². The van der Waals surface area contributed by atoms with E-state index in [-0.39, 0.29) is 0 Å². The van der Waals surface area contributed by atoms with Crippen molar-refractivity contribution in [1.29, 1.82) is 0 Å². The Morgan fingerprint density at radius 1 is 0.971 bits per heavy atom. The maximum absolute atomic E-state index is 12.8. The summed E-state index contributed by atoms with van der Waals surface area (Å²) in [5, 5.41) is 0. The molecule has 0 bridgehead atoms. The molecule has 1 aliphatic heterocycles. The number of hydrogen-bond acceptors (Lipinski definition) is 8. The van der Waals surface area contributed by atoms with Crippen LogP contribution in [-0.4, -0.2) is 43.8 Å². The highest BCUT2D eigenvalue weighted by Gasteiger charge is 2.50. The van der Waals surface area contributed by atoms with Gasteiger partial charge in [-0.1, -0.05) is 12.2 Å². The molecular formula is C26H32O8. The van der Waals surface area contributed by atoms with Crippen LogP contribution in [0.4, 0.5) is 0 Å². The Labute approximate surface area is 200 Å². The van der Waals surface area contributed by atoms with Crippen LogP contribution < -0.4 is 9.47 Å². The normalized spacial score (nSPS) is 19.6. The molecule has 0 radical (unpaired) electrons. The molecule has 0 aliphatic carbocycles. The average Bonchev–Trinajstić information content (AvgIpc) is 2.82. The highest BCUT2D eigenvalue weighted by molar-refractivity contribution is 5.89. The Hall–Kier alpha value is -3.55. The fourth-order valence-electron chi connectivity index (χ4n) is 3.38. The number of carbonyl (C=O) groups excluding carboxylic acids is 3. The summed E-state index contributed by atoms with van der Waals surface area (Å²) in [6.45, 7) is 10.2. The zero-order chi connectivity index (χ0) is 25.6. The van der Waals surface area contributed by atoms with E-state index in [2.05, 4.69) is 4.74 Å². The van der Waals surface area contributed by atoms with Gasteiger partial charge in [0.05, 0.1) is 19.8 Å². The van der Waals surface area contributed by atoms with Gasteiger partial charge < -0.3 is 23.7 Å². The van der Waals surface area contributed by atoms with Gasteiger partial charge >= 0.3 is 17.9 Å². The van der Waals surface area contributed by atoms with Crippen LogP contribution in [0.25, 0.3) is 6.08 Å². The van der Waals surface area contributed by atoms with Gasteiger partial charge in [0.25, 0.3) is 0 Å². The minimum Gasteiger partial charge on any atom is -0.496 e. The minimum atomic E-state index is -1.05. The van der Waals surface area contributed by atoms with Crippen molar-refractivity contribution < 1.29 is 38.1 Å². The Morgan fingerprint density at radius 2 is 1.56 bits per heavy atom. The van der Waals surface area contributed by atoms with Crippen LogP contribution in [0.3, 0.4) is 0 Å². The molecule has 0 unspecified atom stereocenters. The molecule has 0 fully saturated rings. The molecule has 34 heavy (non-hydrogen) atoms. The maximum atomic E-state index is 12.8. The van der Waals surface area contributed by atoms with Crippen molar-refractivity contribution in [1.82, 2.24) is 0 Å². The first-order valence-corrected chi connectivity index (χ1v) is 10.8. The number of fused-ring (bicyclic) bond motifs is 1. The summed E-state index contributed by atoms with van der Waals surface area (Å²) in [6.07, 6.45) is 3.99. The number of rotatable bonds is 7. The number of ether oxygens (including phenoxy) is 5. The molecule has 1 aromatic carbocycles. The van der Waals surface area contributed by atoms with Crippen LogP contribution in [-0.2, 0) is 28.6 Å². The summed E-state index contributed by atoms with van der Waals surface area (Å²) >= 11 is 0. The lowest BCUT2D eigenvalue weighted by Gasteiger charge is -2.43. The van der Waals surface area contributed by atoms with Crippen LogP contribution in [0.2, 0.25) is 0 Å². The first-order chi connectivity index (χ1) is 16.0. The van der Waals surface area contributed by atoms with E-state index in [1.54, 1.807) is 65.8 Å². The number of hydrogen-bond donors (Lipinski definition) is 0. The van der Waals surface area contributed by atoms with Crippen LogP contribution in [0, 0.1) is 0 Å². The molecule has 1 aliphatic rings. The summed E-state index contributed by atoms with van der Waals surface area (Å²) in [5.41, 5.74) is 0.662. The second-order valence-corrected chi connectivity index (χ2v) is 8.26. The second-order valence-electron chi connectivity index (χ2n) is 8.26. The van der Waals surface area contributed by atoms with Crippen molar-refractivity contribution in [3.05, 3.63) is 52.6 Å². The number of methoxy groups -OCH3 is 2. The van der Waals surface area contributed by atoms with Gasteiger partial charge in [0, 0.05) is 22.8 Å². The van der Waals surface area contributed by atoms with E-state index < -0.39 is 35.7 Å². The van der Waals surface area contributed by atoms with E-state index >= 15 is 0 Å². The largest absolute Gasteiger partial charge is 0.496 e. The first kappa shape index (κ1) is 26.7.